The standard InChI is InChI=1S/3C19H16Cl2N2O3.3CH4/c3*1-2-23-10-9-16(22-23)15-11-14(21)7-8-17(15)26-18(19(24)25)12-3-5-13(20)6-4-12;;;/h3*3-11,18H,2H2,1H3,(H,24,25);3*1H4. The number of nitrogens with zero attached hydrogens (tertiary/aromatic N) is 6. The van der Waals surface area contributed by atoms with Crippen LogP contribution in [-0.2, 0) is 34.0 Å². The van der Waals surface area contributed by atoms with Gasteiger partial charge in [0.05, 0.1) is 17.1 Å². The Balaban J connectivity index is 0.000000257. The van der Waals surface area contributed by atoms with Crippen LogP contribution < -0.4 is 14.2 Å². The molecule has 3 N–H and O–H groups in total. The molecule has 3 heterocycles. The monoisotopic (exact) mass is 1220 g/mol. The number of carboxylic acid groups (broad SMARTS) is 3. The van der Waals surface area contributed by atoms with Gasteiger partial charge >= 0.3 is 17.9 Å². The van der Waals surface area contributed by atoms with Crippen LogP contribution in [0.25, 0.3) is 33.8 Å². The molecule has 0 saturated heterocycles. The van der Waals surface area contributed by atoms with E-state index in [1.54, 1.807) is 141 Å². The van der Waals surface area contributed by atoms with Gasteiger partial charge in [0.1, 0.15) is 17.2 Å². The molecule has 9 rings (SSSR count). The van der Waals surface area contributed by atoms with Crippen LogP contribution in [0.1, 0.15) is 78.1 Å². The first kappa shape index (κ1) is 66.0. The predicted octanol–water partition coefficient (Wildman–Crippen LogP) is 17.2. The second kappa shape index (κ2) is 30.9. The molecule has 0 aliphatic carbocycles. The molecule has 0 spiro atoms. The third kappa shape index (κ3) is 17.7. The van der Waals surface area contributed by atoms with E-state index in [9.17, 15) is 29.7 Å². The van der Waals surface area contributed by atoms with Crippen molar-refractivity contribution in [1.29, 1.82) is 0 Å². The SMILES string of the molecule is C.C.C.CCn1ccc(-c2cc(Cl)ccc2OC(C(=O)O)c2ccc(Cl)cc2)n1.CCn1ccc(-c2cc(Cl)ccc2OC(C(=O)O)c2ccc(Cl)cc2)n1.CCn1ccc(-c2cc(Cl)ccc2OC(C(=O)O)c2ccc(Cl)cc2)n1. The number of hydrogen-bond acceptors (Lipinski definition) is 9. The second-order valence-electron chi connectivity index (χ2n) is 16.8. The maximum absolute atomic E-state index is 11.8. The zero-order chi connectivity index (χ0) is 56.0. The molecule has 0 radical (unpaired) electrons. The molecule has 0 bridgehead atoms. The molecule has 9 aromatic rings. The number of carboxylic acids is 3. The molecule has 3 unspecified atom stereocenters. The van der Waals surface area contributed by atoms with Crippen molar-refractivity contribution >= 4 is 87.5 Å². The highest BCUT2D eigenvalue weighted by Gasteiger charge is 2.27. The number of aromatic nitrogens is 6. The van der Waals surface area contributed by atoms with Crippen molar-refractivity contribution in [2.24, 2.45) is 0 Å². The summed E-state index contributed by atoms with van der Waals surface area (Å²) in [5.74, 6) is -2.15. The van der Waals surface area contributed by atoms with Gasteiger partial charge in [-0.25, -0.2) is 14.4 Å². The number of halogens is 6. The van der Waals surface area contributed by atoms with Gasteiger partial charge in [-0.15, -0.1) is 0 Å². The first-order valence-corrected chi connectivity index (χ1v) is 26.1. The second-order valence-corrected chi connectivity index (χ2v) is 19.4. The van der Waals surface area contributed by atoms with Crippen LogP contribution in [0.2, 0.25) is 30.1 Å². The summed E-state index contributed by atoms with van der Waals surface area (Å²) in [6.45, 7) is 8.10. The summed E-state index contributed by atoms with van der Waals surface area (Å²) >= 11 is 36.0. The number of hydrogen-bond donors (Lipinski definition) is 3. The Bertz CT molecular complexity index is 3130. The molecule has 15 nitrogen and oxygen atoms in total. The fourth-order valence-electron chi connectivity index (χ4n) is 7.54. The lowest BCUT2D eigenvalue weighted by molar-refractivity contribution is -0.146. The van der Waals surface area contributed by atoms with Crippen molar-refractivity contribution in [3.63, 3.8) is 0 Å². The van der Waals surface area contributed by atoms with Crippen molar-refractivity contribution in [2.45, 2.75) is 81.0 Å². The summed E-state index contributed by atoms with van der Waals surface area (Å²) in [4.78, 5) is 35.3. The molecule has 21 heteroatoms. The van der Waals surface area contributed by atoms with Crippen LogP contribution in [0.5, 0.6) is 17.2 Å². The molecule has 0 aliphatic rings. The van der Waals surface area contributed by atoms with E-state index in [1.165, 1.54) is 0 Å². The van der Waals surface area contributed by atoms with Crippen molar-refractivity contribution in [3.8, 4) is 51.0 Å². The van der Waals surface area contributed by atoms with Gasteiger partial charge in [-0.1, -0.05) is 128 Å². The largest absolute Gasteiger partial charge is 0.478 e. The molecule has 3 atom stereocenters. The van der Waals surface area contributed by atoms with Gasteiger partial charge in [0.2, 0.25) is 18.3 Å². The molecule has 426 valence electrons. The van der Waals surface area contributed by atoms with E-state index in [0.717, 1.165) is 19.6 Å². The first-order valence-electron chi connectivity index (χ1n) is 23.9. The zero-order valence-corrected chi connectivity index (χ0v) is 46.2. The lowest BCUT2D eigenvalue weighted by atomic mass is 10.1. The Morgan fingerprint density at radius 3 is 0.802 bits per heavy atom. The summed E-state index contributed by atoms with van der Waals surface area (Å²) in [5.41, 5.74) is 5.32. The topological polar surface area (TPSA) is 193 Å². The molecule has 6 aromatic carbocycles. The van der Waals surface area contributed by atoms with Crippen molar-refractivity contribution in [2.75, 3.05) is 0 Å². The van der Waals surface area contributed by atoms with Crippen molar-refractivity contribution < 1.29 is 43.9 Å². The molecule has 3 aromatic heterocycles. The Labute approximate surface area is 500 Å². The molecule has 0 saturated carbocycles. The number of aliphatic carboxylic acids is 3. The van der Waals surface area contributed by atoms with Crippen molar-refractivity contribution in [1.82, 2.24) is 29.3 Å². The smallest absolute Gasteiger partial charge is 0.349 e. The van der Waals surface area contributed by atoms with E-state index in [4.69, 9.17) is 83.8 Å². The number of carbonyl (C=O) groups is 3. The van der Waals surface area contributed by atoms with Crippen molar-refractivity contribution in [3.05, 3.63) is 211 Å². The number of rotatable bonds is 18. The molecular formula is C60H60Cl6N6O9. The van der Waals surface area contributed by atoms with Gasteiger partial charge in [0.15, 0.2) is 0 Å². The fraction of sp³-hybridized carbons (Fsp3) is 0.200. The van der Waals surface area contributed by atoms with Crippen LogP contribution in [0.4, 0.5) is 0 Å². The van der Waals surface area contributed by atoms with E-state index in [-0.39, 0.29) is 22.3 Å². The van der Waals surface area contributed by atoms with Gasteiger partial charge in [-0.05, 0) is 130 Å². The van der Waals surface area contributed by atoms with Crippen LogP contribution in [0.3, 0.4) is 0 Å². The maximum Gasteiger partial charge on any atom is 0.349 e. The van der Waals surface area contributed by atoms with Crippen LogP contribution in [0.15, 0.2) is 164 Å². The Morgan fingerprint density at radius 2 is 0.605 bits per heavy atom. The summed E-state index contributed by atoms with van der Waals surface area (Å²) in [6.07, 6.45) is 1.98. The van der Waals surface area contributed by atoms with E-state index in [1.807, 2.05) is 57.6 Å². The summed E-state index contributed by atoms with van der Waals surface area (Å²) in [7, 11) is 0. The lowest BCUT2D eigenvalue weighted by Gasteiger charge is -2.18. The third-order valence-electron chi connectivity index (χ3n) is 11.5. The van der Waals surface area contributed by atoms with Gasteiger partial charge in [0.25, 0.3) is 0 Å². The van der Waals surface area contributed by atoms with E-state index >= 15 is 0 Å². The highest BCUT2D eigenvalue weighted by molar-refractivity contribution is 6.32. The van der Waals surface area contributed by atoms with Gasteiger partial charge in [-0.3, -0.25) is 14.0 Å². The van der Waals surface area contributed by atoms with Crippen LogP contribution >= 0.6 is 69.6 Å². The Kier molecular flexibility index (Phi) is 25.2. The van der Waals surface area contributed by atoms with E-state index in [0.29, 0.717) is 97.8 Å². The minimum Gasteiger partial charge on any atom is -0.478 e. The third-order valence-corrected chi connectivity index (χ3v) is 12.9. The molecule has 0 aliphatic heterocycles. The van der Waals surface area contributed by atoms with Gasteiger partial charge in [-0.2, -0.15) is 15.3 Å². The van der Waals surface area contributed by atoms with E-state index < -0.39 is 36.2 Å². The zero-order valence-electron chi connectivity index (χ0n) is 41.7. The van der Waals surface area contributed by atoms with E-state index in [2.05, 4.69) is 15.3 Å². The predicted molar refractivity (Wildman–Crippen MR) is 323 cm³/mol. The number of benzene rings is 6. The molecule has 0 amide bonds. The Hall–Kier alpha value is -7.50. The minimum atomic E-state index is -1.18. The quantitative estimate of drug-likeness (QED) is 0.0737. The van der Waals surface area contributed by atoms with Gasteiger partial charge < -0.3 is 29.5 Å². The number of ether oxygens (including phenoxy) is 3. The van der Waals surface area contributed by atoms with Crippen LogP contribution in [0, 0.1) is 0 Å². The highest BCUT2D eigenvalue weighted by atomic mass is 35.5. The molecule has 81 heavy (non-hydrogen) atoms. The minimum absolute atomic E-state index is 0. The number of aryl methyl sites for hydroxylation is 3. The summed E-state index contributed by atoms with van der Waals surface area (Å²) in [6, 6.07) is 40.0. The average Bonchev–Trinajstić information content (AvgIpc) is 4.26. The Morgan fingerprint density at radius 1 is 0.383 bits per heavy atom. The average molecular weight is 1220 g/mol. The van der Waals surface area contributed by atoms with Crippen LogP contribution in [-0.4, -0.2) is 62.6 Å². The fourth-order valence-corrected chi connectivity index (χ4v) is 8.43. The summed E-state index contributed by atoms with van der Waals surface area (Å²) < 4.78 is 22.8. The molecule has 0 fully saturated rings. The molecular weight excluding hydrogens is 1160 g/mol. The first-order chi connectivity index (χ1) is 37.4. The normalized spacial score (nSPS) is 11.5. The van der Waals surface area contributed by atoms with Gasteiger partial charge in [0, 0.05) is 102 Å². The summed E-state index contributed by atoms with van der Waals surface area (Å²) in [5, 5.41) is 45.3. The maximum atomic E-state index is 11.8. The highest BCUT2D eigenvalue weighted by Crippen LogP contribution is 2.38. The lowest BCUT2D eigenvalue weighted by Crippen LogP contribution is -2.18.